The van der Waals surface area contributed by atoms with Crippen molar-refractivity contribution in [2.75, 3.05) is 7.11 Å². The lowest BCUT2D eigenvalue weighted by molar-refractivity contribution is -0.143. The summed E-state index contributed by atoms with van der Waals surface area (Å²) in [5.74, 6) is -0.396. The van der Waals surface area contributed by atoms with Crippen LogP contribution in [0.4, 0.5) is 0 Å². The lowest BCUT2D eigenvalue weighted by Crippen LogP contribution is -2.42. The fourth-order valence-electron chi connectivity index (χ4n) is 2.56. The van der Waals surface area contributed by atoms with Crippen LogP contribution in [0, 0.1) is 5.92 Å². The van der Waals surface area contributed by atoms with Crippen LogP contribution in [0.3, 0.4) is 0 Å². The summed E-state index contributed by atoms with van der Waals surface area (Å²) in [6.07, 6.45) is 2.45. The molecular formula is C17H22N2O3. The maximum Gasteiger partial charge on any atom is 0.328 e. The van der Waals surface area contributed by atoms with Gasteiger partial charge >= 0.3 is 5.97 Å². The SMILES string of the molecule is COC(=O)C(CC(C)C)NC(=O)c1cccc2c1ccn2C. The molecule has 0 bridgehead atoms. The Morgan fingerprint density at radius 2 is 2.00 bits per heavy atom. The average molecular weight is 302 g/mol. The number of hydrogen-bond acceptors (Lipinski definition) is 3. The Labute approximate surface area is 130 Å². The highest BCUT2D eigenvalue weighted by Gasteiger charge is 2.24. The van der Waals surface area contributed by atoms with Gasteiger partial charge in [0.15, 0.2) is 0 Å². The minimum Gasteiger partial charge on any atom is -0.467 e. The molecule has 0 radical (unpaired) electrons. The van der Waals surface area contributed by atoms with E-state index in [0.29, 0.717) is 12.0 Å². The molecule has 2 rings (SSSR count). The predicted octanol–water partition coefficient (Wildman–Crippen LogP) is 2.50. The van der Waals surface area contributed by atoms with Gasteiger partial charge in [0.2, 0.25) is 0 Å². The van der Waals surface area contributed by atoms with Gasteiger partial charge in [-0.25, -0.2) is 4.79 Å². The van der Waals surface area contributed by atoms with Crippen molar-refractivity contribution in [1.29, 1.82) is 0 Å². The number of amides is 1. The minimum atomic E-state index is -0.628. The monoisotopic (exact) mass is 302 g/mol. The zero-order chi connectivity index (χ0) is 16.3. The lowest BCUT2D eigenvalue weighted by Gasteiger charge is -2.18. The largest absolute Gasteiger partial charge is 0.467 e. The van der Waals surface area contributed by atoms with E-state index >= 15 is 0 Å². The fraction of sp³-hybridized carbons (Fsp3) is 0.412. The summed E-state index contributed by atoms with van der Waals surface area (Å²) in [7, 11) is 3.26. The number of ether oxygens (including phenoxy) is 1. The normalized spacial score (nSPS) is 12.4. The molecule has 118 valence electrons. The third kappa shape index (κ3) is 3.30. The van der Waals surface area contributed by atoms with Gasteiger partial charge in [0.1, 0.15) is 6.04 Å². The number of nitrogens with zero attached hydrogens (tertiary/aromatic N) is 1. The van der Waals surface area contributed by atoms with E-state index in [4.69, 9.17) is 4.74 Å². The molecule has 1 atom stereocenters. The first kappa shape index (κ1) is 16.1. The van der Waals surface area contributed by atoms with Crippen LogP contribution >= 0.6 is 0 Å². The molecule has 5 heteroatoms. The molecule has 0 saturated heterocycles. The third-order valence-corrected chi connectivity index (χ3v) is 3.67. The van der Waals surface area contributed by atoms with Crippen LogP contribution in [0.1, 0.15) is 30.6 Å². The van der Waals surface area contributed by atoms with Crippen molar-refractivity contribution in [3.8, 4) is 0 Å². The maximum atomic E-state index is 12.6. The third-order valence-electron chi connectivity index (χ3n) is 3.67. The van der Waals surface area contributed by atoms with Gasteiger partial charge in [-0.05, 0) is 30.5 Å². The van der Waals surface area contributed by atoms with Crippen molar-refractivity contribution in [1.82, 2.24) is 9.88 Å². The van der Waals surface area contributed by atoms with Gasteiger partial charge in [0.05, 0.1) is 7.11 Å². The molecule has 22 heavy (non-hydrogen) atoms. The van der Waals surface area contributed by atoms with Crippen molar-refractivity contribution in [2.24, 2.45) is 13.0 Å². The molecule has 0 aliphatic heterocycles. The maximum absolute atomic E-state index is 12.6. The Morgan fingerprint density at radius 1 is 1.27 bits per heavy atom. The molecule has 0 spiro atoms. The van der Waals surface area contributed by atoms with Gasteiger partial charge in [0, 0.05) is 29.7 Å². The Hall–Kier alpha value is -2.30. The number of aromatic nitrogens is 1. The number of aryl methyl sites for hydroxylation is 1. The number of rotatable bonds is 5. The Bertz CT molecular complexity index is 688. The van der Waals surface area contributed by atoms with Gasteiger partial charge in [-0.2, -0.15) is 0 Å². The van der Waals surface area contributed by atoms with Crippen molar-refractivity contribution >= 4 is 22.8 Å². The minimum absolute atomic E-state index is 0.257. The van der Waals surface area contributed by atoms with E-state index in [2.05, 4.69) is 5.32 Å². The highest BCUT2D eigenvalue weighted by atomic mass is 16.5. The number of fused-ring (bicyclic) bond motifs is 1. The van der Waals surface area contributed by atoms with E-state index < -0.39 is 12.0 Å². The second kappa shape index (κ2) is 6.64. The van der Waals surface area contributed by atoms with Gasteiger partial charge in [-0.3, -0.25) is 4.79 Å². The number of benzene rings is 1. The summed E-state index contributed by atoms with van der Waals surface area (Å²) >= 11 is 0. The molecular weight excluding hydrogens is 280 g/mol. The predicted molar refractivity (Wildman–Crippen MR) is 85.6 cm³/mol. The van der Waals surface area contributed by atoms with Gasteiger partial charge in [-0.15, -0.1) is 0 Å². The second-order valence-corrected chi connectivity index (χ2v) is 5.84. The molecule has 5 nitrogen and oxygen atoms in total. The van der Waals surface area contributed by atoms with Crippen LogP contribution in [0.15, 0.2) is 30.5 Å². The van der Waals surface area contributed by atoms with E-state index in [0.717, 1.165) is 10.9 Å². The molecule has 1 N–H and O–H groups in total. The van der Waals surface area contributed by atoms with Crippen LogP contribution in [-0.4, -0.2) is 29.6 Å². The molecule has 1 unspecified atom stereocenters. The second-order valence-electron chi connectivity index (χ2n) is 5.84. The summed E-state index contributed by atoms with van der Waals surface area (Å²) < 4.78 is 6.74. The van der Waals surface area contributed by atoms with E-state index in [-0.39, 0.29) is 11.8 Å². The van der Waals surface area contributed by atoms with Crippen LogP contribution in [0.5, 0.6) is 0 Å². The zero-order valence-electron chi connectivity index (χ0n) is 13.4. The highest BCUT2D eigenvalue weighted by Crippen LogP contribution is 2.20. The number of nitrogens with one attached hydrogen (secondary N) is 1. The lowest BCUT2D eigenvalue weighted by atomic mass is 10.0. The first-order valence-corrected chi connectivity index (χ1v) is 7.36. The van der Waals surface area contributed by atoms with E-state index in [9.17, 15) is 9.59 Å². The smallest absolute Gasteiger partial charge is 0.328 e. The van der Waals surface area contributed by atoms with Gasteiger partial charge < -0.3 is 14.6 Å². The van der Waals surface area contributed by atoms with E-state index in [1.807, 2.05) is 49.9 Å². The number of carbonyl (C=O) groups is 2. The van der Waals surface area contributed by atoms with Crippen LogP contribution < -0.4 is 5.32 Å². The standard InChI is InChI=1S/C17H22N2O3/c1-11(2)10-14(17(21)22-4)18-16(20)13-6-5-7-15-12(13)8-9-19(15)3/h5-9,11,14H,10H2,1-4H3,(H,18,20). The Morgan fingerprint density at radius 3 is 2.64 bits per heavy atom. The van der Waals surface area contributed by atoms with Crippen molar-refractivity contribution in [2.45, 2.75) is 26.3 Å². The molecule has 1 aromatic carbocycles. The molecule has 0 fully saturated rings. The molecule has 1 amide bonds. The molecule has 0 aliphatic rings. The summed E-state index contributed by atoms with van der Waals surface area (Å²) in [5.41, 5.74) is 1.54. The Balaban J connectivity index is 2.27. The van der Waals surface area contributed by atoms with Crippen molar-refractivity contribution < 1.29 is 14.3 Å². The first-order valence-electron chi connectivity index (χ1n) is 7.36. The van der Waals surface area contributed by atoms with E-state index in [1.54, 1.807) is 6.07 Å². The zero-order valence-corrected chi connectivity index (χ0v) is 13.4. The van der Waals surface area contributed by atoms with Gasteiger partial charge in [0.25, 0.3) is 5.91 Å². The van der Waals surface area contributed by atoms with Crippen molar-refractivity contribution in [3.63, 3.8) is 0 Å². The van der Waals surface area contributed by atoms with Gasteiger partial charge in [-0.1, -0.05) is 19.9 Å². The molecule has 2 aromatic rings. The van der Waals surface area contributed by atoms with Crippen LogP contribution in [0.25, 0.3) is 10.9 Å². The summed E-state index contributed by atoms with van der Waals surface area (Å²) in [4.78, 5) is 24.4. The summed E-state index contributed by atoms with van der Waals surface area (Å²) in [6, 6.07) is 6.84. The number of carbonyl (C=O) groups excluding carboxylic acids is 2. The molecule has 0 aliphatic carbocycles. The Kier molecular flexibility index (Phi) is 4.85. The first-order chi connectivity index (χ1) is 10.4. The van der Waals surface area contributed by atoms with Crippen LogP contribution in [-0.2, 0) is 16.6 Å². The molecule has 1 aromatic heterocycles. The molecule has 0 saturated carbocycles. The topological polar surface area (TPSA) is 60.3 Å². The number of esters is 1. The fourth-order valence-corrected chi connectivity index (χ4v) is 2.56. The average Bonchev–Trinajstić information content (AvgIpc) is 2.86. The number of methoxy groups -OCH3 is 1. The van der Waals surface area contributed by atoms with Crippen LogP contribution in [0.2, 0.25) is 0 Å². The number of hydrogen-bond donors (Lipinski definition) is 1. The quantitative estimate of drug-likeness (QED) is 0.863. The van der Waals surface area contributed by atoms with E-state index in [1.165, 1.54) is 7.11 Å². The van der Waals surface area contributed by atoms with Crippen molar-refractivity contribution in [3.05, 3.63) is 36.0 Å². The molecule has 1 heterocycles. The highest BCUT2D eigenvalue weighted by molar-refractivity contribution is 6.07. The summed E-state index contributed by atoms with van der Waals surface area (Å²) in [6.45, 7) is 4.00. The summed E-state index contributed by atoms with van der Waals surface area (Å²) in [5, 5.41) is 3.66.